The van der Waals surface area contributed by atoms with Crippen LogP contribution in [0.2, 0.25) is 0 Å². The molecule has 0 saturated carbocycles. The number of allylic oxidation sites excluding steroid dienone is 6. The molecule has 0 spiro atoms. The minimum Gasteiger partial charge on any atom is -0.462 e. The van der Waals surface area contributed by atoms with Gasteiger partial charge >= 0.3 is 19.8 Å². The largest absolute Gasteiger partial charge is 0.472 e. The summed E-state index contributed by atoms with van der Waals surface area (Å²) >= 11 is 0. The summed E-state index contributed by atoms with van der Waals surface area (Å²) in [6.07, 6.45) is 53.4. The number of rotatable bonds is 48. The molecule has 0 aromatic carbocycles. The lowest BCUT2D eigenvalue weighted by molar-refractivity contribution is -0.870. The van der Waals surface area contributed by atoms with Gasteiger partial charge in [-0.2, -0.15) is 0 Å². The molecular weight excluding hydrogens is 810 g/mol. The van der Waals surface area contributed by atoms with E-state index in [1.165, 1.54) is 154 Å². The number of ether oxygens (including phenoxy) is 2. The summed E-state index contributed by atoms with van der Waals surface area (Å²) in [7, 11) is 1.48. The highest BCUT2D eigenvalue weighted by atomic mass is 31.2. The third-order valence-corrected chi connectivity index (χ3v) is 12.4. The molecule has 0 heterocycles. The van der Waals surface area contributed by atoms with Gasteiger partial charge in [-0.1, -0.05) is 211 Å². The van der Waals surface area contributed by atoms with Crippen molar-refractivity contribution < 1.29 is 42.1 Å². The molecule has 370 valence electrons. The molecule has 63 heavy (non-hydrogen) atoms. The number of quaternary nitrogens is 1. The average Bonchev–Trinajstić information content (AvgIpc) is 3.24. The summed E-state index contributed by atoms with van der Waals surface area (Å²) in [4.78, 5) is 35.5. The number of esters is 2. The van der Waals surface area contributed by atoms with Gasteiger partial charge < -0.3 is 18.9 Å². The van der Waals surface area contributed by atoms with E-state index >= 15 is 0 Å². The Balaban J connectivity index is 4.20. The Labute approximate surface area is 389 Å². The molecule has 1 N–H and O–H groups in total. The SMILES string of the molecule is CCCCCCC/C=C\C/C=C\C/C=C\CCCCCCCCCCCCC(=O)OC(COC(=O)CCCCCCCCCCCCCCCC)COP(=O)(O)OCC[N+](C)(C)C. The van der Waals surface area contributed by atoms with E-state index in [-0.39, 0.29) is 25.6 Å². The van der Waals surface area contributed by atoms with Crippen LogP contribution in [-0.4, -0.2) is 74.9 Å². The highest BCUT2D eigenvalue weighted by Crippen LogP contribution is 2.43. The predicted octanol–water partition coefficient (Wildman–Crippen LogP) is 15.6. The maximum Gasteiger partial charge on any atom is 0.472 e. The van der Waals surface area contributed by atoms with Crippen LogP contribution in [0, 0.1) is 0 Å². The van der Waals surface area contributed by atoms with E-state index in [1.54, 1.807) is 0 Å². The fraction of sp³-hybridized carbons (Fsp3) is 0.849. The van der Waals surface area contributed by atoms with Crippen molar-refractivity contribution in [1.29, 1.82) is 0 Å². The Morgan fingerprint density at radius 3 is 1.27 bits per heavy atom. The third kappa shape index (κ3) is 49.5. The van der Waals surface area contributed by atoms with Crippen LogP contribution in [0.25, 0.3) is 0 Å². The van der Waals surface area contributed by atoms with Crippen molar-refractivity contribution in [3.8, 4) is 0 Å². The van der Waals surface area contributed by atoms with Crippen molar-refractivity contribution in [2.75, 3.05) is 47.5 Å². The highest BCUT2D eigenvalue weighted by Gasteiger charge is 2.27. The number of carbonyl (C=O) groups excluding carboxylic acids is 2. The van der Waals surface area contributed by atoms with E-state index in [2.05, 4.69) is 50.3 Å². The maximum absolute atomic E-state index is 12.8. The van der Waals surface area contributed by atoms with Gasteiger partial charge in [0, 0.05) is 12.8 Å². The van der Waals surface area contributed by atoms with Crippen LogP contribution in [0.1, 0.15) is 239 Å². The number of carbonyl (C=O) groups is 2. The van der Waals surface area contributed by atoms with Gasteiger partial charge in [0.05, 0.1) is 27.7 Å². The van der Waals surface area contributed by atoms with Crippen molar-refractivity contribution in [2.45, 2.75) is 245 Å². The first kappa shape index (κ1) is 61.2. The number of unbranched alkanes of at least 4 members (excludes halogenated alkanes) is 28. The smallest absolute Gasteiger partial charge is 0.462 e. The van der Waals surface area contributed by atoms with Crippen molar-refractivity contribution in [3.63, 3.8) is 0 Å². The third-order valence-electron chi connectivity index (χ3n) is 11.4. The van der Waals surface area contributed by atoms with E-state index in [1.807, 2.05) is 21.1 Å². The maximum atomic E-state index is 12.8. The molecule has 0 aliphatic carbocycles. The highest BCUT2D eigenvalue weighted by molar-refractivity contribution is 7.47. The standard InChI is InChI=1S/C53H100NO8P/c1-6-8-10-12-14-16-18-20-22-23-24-25-26-27-28-29-30-31-32-34-36-38-40-42-44-46-53(56)62-51(50-61-63(57,58)60-48-47-54(3,4)5)49-59-52(55)45-43-41-39-37-35-33-21-19-17-15-13-11-9-7-2/h18,20,23-24,26-27,51H,6-17,19,21-22,25,28-50H2,1-5H3/p+1/b20-18-,24-23-,27-26-. The second-order valence-electron chi connectivity index (χ2n) is 18.9. The molecule has 0 bridgehead atoms. The van der Waals surface area contributed by atoms with Crippen molar-refractivity contribution in [2.24, 2.45) is 0 Å². The van der Waals surface area contributed by atoms with E-state index in [0.717, 1.165) is 51.4 Å². The zero-order chi connectivity index (χ0) is 46.4. The number of likely N-dealkylation sites (N-methyl/N-ethyl adjacent to an activating group) is 1. The van der Waals surface area contributed by atoms with Crippen molar-refractivity contribution >= 4 is 19.8 Å². The Bertz CT molecular complexity index is 1170. The molecule has 10 heteroatoms. The summed E-state index contributed by atoms with van der Waals surface area (Å²) in [6.45, 7) is 4.44. The fourth-order valence-corrected chi connectivity index (χ4v) is 8.06. The molecule has 0 aromatic heterocycles. The van der Waals surface area contributed by atoms with Crippen LogP contribution in [0.5, 0.6) is 0 Å². The normalized spacial score (nSPS) is 13.7. The predicted molar refractivity (Wildman–Crippen MR) is 266 cm³/mol. The molecule has 0 rings (SSSR count). The molecular formula is C53H101NO8P+. The fourth-order valence-electron chi connectivity index (χ4n) is 7.32. The Morgan fingerprint density at radius 1 is 0.492 bits per heavy atom. The lowest BCUT2D eigenvalue weighted by Crippen LogP contribution is -2.37. The molecule has 0 fully saturated rings. The summed E-state index contributed by atoms with van der Waals surface area (Å²) in [5.74, 6) is -0.793. The van der Waals surface area contributed by atoms with Gasteiger partial charge in [0.2, 0.25) is 0 Å². The summed E-state index contributed by atoms with van der Waals surface area (Å²) in [5.41, 5.74) is 0. The quantitative estimate of drug-likeness (QED) is 0.0211. The molecule has 0 aliphatic heterocycles. The number of nitrogens with zero attached hydrogens (tertiary/aromatic N) is 1. The molecule has 2 unspecified atom stereocenters. The van der Waals surface area contributed by atoms with Gasteiger partial charge in [-0.05, 0) is 51.4 Å². The molecule has 0 aromatic rings. The van der Waals surface area contributed by atoms with Gasteiger partial charge in [-0.3, -0.25) is 18.6 Å². The first-order valence-electron chi connectivity index (χ1n) is 26.2. The van der Waals surface area contributed by atoms with Gasteiger partial charge in [0.25, 0.3) is 0 Å². The van der Waals surface area contributed by atoms with Gasteiger partial charge in [-0.15, -0.1) is 0 Å². The van der Waals surface area contributed by atoms with Crippen molar-refractivity contribution in [1.82, 2.24) is 0 Å². The van der Waals surface area contributed by atoms with Gasteiger partial charge in [-0.25, -0.2) is 4.57 Å². The minimum atomic E-state index is -4.38. The van der Waals surface area contributed by atoms with Gasteiger partial charge in [0.15, 0.2) is 6.10 Å². The first-order chi connectivity index (χ1) is 30.5. The number of hydrogen-bond donors (Lipinski definition) is 1. The second-order valence-corrected chi connectivity index (χ2v) is 20.4. The lowest BCUT2D eigenvalue weighted by Gasteiger charge is -2.24. The zero-order valence-electron chi connectivity index (χ0n) is 41.8. The van der Waals surface area contributed by atoms with E-state index < -0.39 is 26.5 Å². The molecule has 0 radical (unpaired) electrons. The van der Waals surface area contributed by atoms with Crippen LogP contribution in [0.15, 0.2) is 36.5 Å². The summed E-state index contributed by atoms with van der Waals surface area (Å²) in [5, 5.41) is 0. The molecule has 0 amide bonds. The Morgan fingerprint density at radius 2 is 0.857 bits per heavy atom. The monoisotopic (exact) mass is 911 g/mol. The van der Waals surface area contributed by atoms with E-state index in [4.69, 9.17) is 18.5 Å². The van der Waals surface area contributed by atoms with Gasteiger partial charge in [0.1, 0.15) is 19.8 Å². The second kappa shape index (κ2) is 45.4. The average molecular weight is 911 g/mol. The number of phosphoric ester groups is 1. The zero-order valence-corrected chi connectivity index (χ0v) is 42.7. The minimum absolute atomic E-state index is 0.0320. The number of hydrogen-bond acceptors (Lipinski definition) is 7. The van der Waals surface area contributed by atoms with Crippen LogP contribution in [-0.2, 0) is 32.7 Å². The Kier molecular flexibility index (Phi) is 44.1. The Hall–Kier alpha value is -1.77. The molecule has 0 aliphatic rings. The molecule has 2 atom stereocenters. The van der Waals surface area contributed by atoms with E-state index in [0.29, 0.717) is 23.9 Å². The summed E-state index contributed by atoms with van der Waals surface area (Å²) in [6, 6.07) is 0. The van der Waals surface area contributed by atoms with Crippen molar-refractivity contribution in [3.05, 3.63) is 36.5 Å². The number of phosphoric acid groups is 1. The molecule has 9 nitrogen and oxygen atoms in total. The van der Waals surface area contributed by atoms with Crippen LogP contribution >= 0.6 is 7.82 Å². The first-order valence-corrected chi connectivity index (χ1v) is 27.7. The van der Waals surface area contributed by atoms with Crippen LogP contribution in [0.4, 0.5) is 0 Å². The molecule has 0 saturated heterocycles. The summed E-state index contributed by atoms with van der Waals surface area (Å²) < 4.78 is 34.5. The lowest BCUT2D eigenvalue weighted by atomic mass is 10.0. The van der Waals surface area contributed by atoms with E-state index in [9.17, 15) is 19.0 Å². The van der Waals surface area contributed by atoms with Crippen LogP contribution < -0.4 is 0 Å². The topological polar surface area (TPSA) is 108 Å². The van der Waals surface area contributed by atoms with Crippen LogP contribution in [0.3, 0.4) is 0 Å².